The minimum atomic E-state index is 0.382. The van der Waals surface area contributed by atoms with Crippen LogP contribution in [0, 0.1) is 11.3 Å². The van der Waals surface area contributed by atoms with Crippen LogP contribution in [0.4, 0.5) is 5.69 Å². The Hall–Kier alpha value is -2.55. The third kappa shape index (κ3) is 6.22. The lowest BCUT2D eigenvalue weighted by Crippen LogP contribution is -2.39. The number of hydrogen-bond donors (Lipinski definition) is 1. The molecule has 2 aromatic carbocycles. The minimum Gasteiger partial charge on any atom is -0.497 e. The zero-order valence-electron chi connectivity index (χ0n) is 18.3. The maximum Gasteiger partial charge on any atom is 0.118 e. The van der Waals surface area contributed by atoms with Crippen molar-refractivity contribution in [3.63, 3.8) is 0 Å². The highest BCUT2D eigenvalue weighted by atomic mass is 16.5. The van der Waals surface area contributed by atoms with E-state index in [0.29, 0.717) is 12.5 Å². The topological polar surface area (TPSA) is 51.5 Å². The average molecular weight is 407 g/mol. The largest absolute Gasteiger partial charge is 0.497 e. The first-order valence-corrected chi connectivity index (χ1v) is 11.0. The number of hydrogen-bond acceptors (Lipinski definition) is 5. The molecule has 1 aliphatic rings. The number of nitrogens with zero attached hydrogens (tertiary/aromatic N) is 3. The van der Waals surface area contributed by atoms with Gasteiger partial charge in [-0.1, -0.05) is 30.7 Å². The van der Waals surface area contributed by atoms with Crippen molar-refractivity contribution in [2.75, 3.05) is 45.2 Å². The lowest BCUT2D eigenvalue weighted by atomic mass is 10.0. The van der Waals surface area contributed by atoms with E-state index in [1.807, 2.05) is 7.05 Å². The monoisotopic (exact) mass is 406 g/mol. The molecule has 3 rings (SSSR count). The molecule has 1 fully saturated rings. The summed E-state index contributed by atoms with van der Waals surface area (Å²) >= 11 is 0. The molecule has 0 spiro atoms. The van der Waals surface area contributed by atoms with E-state index >= 15 is 0 Å². The van der Waals surface area contributed by atoms with Crippen molar-refractivity contribution in [3.05, 3.63) is 59.7 Å². The highest BCUT2D eigenvalue weighted by Crippen LogP contribution is 2.26. The van der Waals surface area contributed by atoms with E-state index in [1.165, 1.54) is 43.5 Å². The van der Waals surface area contributed by atoms with Crippen LogP contribution in [0.1, 0.15) is 42.9 Å². The summed E-state index contributed by atoms with van der Waals surface area (Å²) < 4.78 is 5.33. The number of benzene rings is 2. The quantitative estimate of drug-likeness (QED) is 0.635. The first-order chi connectivity index (χ1) is 14.7. The molecule has 5 heteroatoms. The second-order valence-electron chi connectivity index (χ2n) is 8.01. The Morgan fingerprint density at radius 2 is 1.77 bits per heavy atom. The van der Waals surface area contributed by atoms with E-state index in [0.717, 1.165) is 31.1 Å². The van der Waals surface area contributed by atoms with Crippen LogP contribution >= 0.6 is 0 Å². The third-order valence-electron chi connectivity index (χ3n) is 5.93. The van der Waals surface area contributed by atoms with Gasteiger partial charge in [-0.2, -0.15) is 5.26 Å². The first kappa shape index (κ1) is 22.1. The zero-order chi connectivity index (χ0) is 21.2. The van der Waals surface area contributed by atoms with Gasteiger partial charge in [0.1, 0.15) is 5.75 Å². The number of anilines is 1. The van der Waals surface area contributed by atoms with Gasteiger partial charge in [0.2, 0.25) is 0 Å². The summed E-state index contributed by atoms with van der Waals surface area (Å²) in [6, 6.07) is 19.7. The van der Waals surface area contributed by atoms with Crippen molar-refractivity contribution < 1.29 is 4.74 Å². The predicted octanol–water partition coefficient (Wildman–Crippen LogP) is 4.36. The molecule has 1 heterocycles. The van der Waals surface area contributed by atoms with Gasteiger partial charge < -0.3 is 15.0 Å². The maximum absolute atomic E-state index is 8.76. The van der Waals surface area contributed by atoms with Crippen LogP contribution in [0.15, 0.2) is 48.5 Å². The molecule has 0 radical (unpaired) electrons. The molecule has 0 amide bonds. The Labute approximate surface area is 181 Å². The summed E-state index contributed by atoms with van der Waals surface area (Å²) in [5, 5.41) is 12.4. The van der Waals surface area contributed by atoms with E-state index in [4.69, 9.17) is 10.00 Å². The normalized spacial score (nSPS) is 15.4. The molecular formula is C25H34N4O. The fraction of sp³-hybridized carbons (Fsp3) is 0.480. The number of nitriles is 1. The van der Waals surface area contributed by atoms with Crippen molar-refractivity contribution in [2.24, 2.45) is 0 Å². The highest BCUT2D eigenvalue weighted by Gasteiger charge is 2.22. The van der Waals surface area contributed by atoms with E-state index in [2.05, 4.69) is 69.7 Å². The molecule has 0 saturated carbocycles. The van der Waals surface area contributed by atoms with Crippen LogP contribution < -0.4 is 15.0 Å². The molecule has 30 heavy (non-hydrogen) atoms. The number of rotatable bonds is 10. The van der Waals surface area contributed by atoms with Crippen LogP contribution in [0.25, 0.3) is 0 Å². The highest BCUT2D eigenvalue weighted by molar-refractivity contribution is 5.46. The number of nitrogens with one attached hydrogen (secondary N) is 1. The summed E-state index contributed by atoms with van der Waals surface area (Å²) in [4.78, 5) is 4.74. The molecule has 1 saturated heterocycles. The fourth-order valence-electron chi connectivity index (χ4n) is 4.08. The molecule has 1 atom stereocenters. The van der Waals surface area contributed by atoms with Gasteiger partial charge in [-0.25, -0.2) is 0 Å². The zero-order valence-corrected chi connectivity index (χ0v) is 18.3. The van der Waals surface area contributed by atoms with E-state index < -0.39 is 0 Å². The molecule has 0 unspecified atom stereocenters. The van der Waals surface area contributed by atoms with Crippen LogP contribution in [0.5, 0.6) is 5.75 Å². The SMILES string of the molecule is COc1ccc([C@@H](CNCc2ccc(N(C)CCC#N)cc2)N2CCCCC2)cc1. The Morgan fingerprint density at radius 3 is 2.40 bits per heavy atom. The summed E-state index contributed by atoms with van der Waals surface area (Å²) in [5.41, 5.74) is 3.78. The first-order valence-electron chi connectivity index (χ1n) is 11.0. The van der Waals surface area contributed by atoms with Crippen molar-refractivity contribution in [3.8, 4) is 11.8 Å². The molecule has 1 aliphatic heterocycles. The number of likely N-dealkylation sites (tertiary alicyclic amines) is 1. The Balaban J connectivity index is 1.59. The van der Waals surface area contributed by atoms with Crippen LogP contribution in [0.3, 0.4) is 0 Å². The van der Waals surface area contributed by atoms with Gasteiger partial charge in [-0.15, -0.1) is 0 Å². The summed E-state index contributed by atoms with van der Waals surface area (Å²) in [6.45, 7) is 4.87. The van der Waals surface area contributed by atoms with Gasteiger partial charge in [0, 0.05) is 38.4 Å². The molecular weight excluding hydrogens is 372 g/mol. The molecule has 1 N–H and O–H groups in total. The minimum absolute atomic E-state index is 0.382. The van der Waals surface area contributed by atoms with Gasteiger partial charge in [-0.3, -0.25) is 4.90 Å². The molecule has 2 aromatic rings. The van der Waals surface area contributed by atoms with Crippen molar-refractivity contribution in [2.45, 2.75) is 38.3 Å². The standard InChI is InChI=1S/C25H34N4O/c1-28(16-6-15-26)23-11-7-21(8-12-23)19-27-20-25(29-17-4-3-5-18-29)22-9-13-24(30-2)14-10-22/h7-14,25,27H,3-6,16-20H2,1-2H3/t25-/m1/s1. The number of methoxy groups -OCH3 is 1. The van der Waals surface area contributed by atoms with Crippen molar-refractivity contribution in [1.29, 1.82) is 5.26 Å². The molecule has 0 bridgehead atoms. The van der Waals surface area contributed by atoms with Gasteiger partial charge in [0.25, 0.3) is 0 Å². The smallest absolute Gasteiger partial charge is 0.118 e. The number of piperidine rings is 1. The summed E-state index contributed by atoms with van der Waals surface area (Å²) in [5.74, 6) is 0.906. The van der Waals surface area contributed by atoms with Crippen LogP contribution in [-0.4, -0.2) is 45.2 Å². The average Bonchev–Trinajstić information content (AvgIpc) is 2.81. The summed E-state index contributed by atoms with van der Waals surface area (Å²) in [7, 11) is 3.74. The predicted molar refractivity (Wildman–Crippen MR) is 123 cm³/mol. The molecule has 5 nitrogen and oxygen atoms in total. The van der Waals surface area contributed by atoms with Gasteiger partial charge in [0.15, 0.2) is 0 Å². The molecule has 160 valence electrons. The number of ether oxygens (including phenoxy) is 1. The summed E-state index contributed by atoms with van der Waals surface area (Å²) in [6.07, 6.45) is 4.46. The molecule has 0 aliphatic carbocycles. The van der Waals surface area contributed by atoms with Gasteiger partial charge in [0.05, 0.1) is 19.6 Å². The second kappa shape index (κ2) is 11.6. The Morgan fingerprint density at radius 1 is 1.07 bits per heavy atom. The lowest BCUT2D eigenvalue weighted by Gasteiger charge is -2.35. The van der Waals surface area contributed by atoms with Crippen LogP contribution in [-0.2, 0) is 6.54 Å². The van der Waals surface area contributed by atoms with Gasteiger partial charge in [-0.05, 0) is 61.3 Å². The van der Waals surface area contributed by atoms with E-state index in [9.17, 15) is 0 Å². The Kier molecular flexibility index (Phi) is 8.55. The second-order valence-corrected chi connectivity index (χ2v) is 8.01. The maximum atomic E-state index is 8.76. The lowest BCUT2D eigenvalue weighted by molar-refractivity contribution is 0.160. The van der Waals surface area contributed by atoms with E-state index in [-0.39, 0.29) is 0 Å². The third-order valence-corrected chi connectivity index (χ3v) is 5.93. The molecule has 0 aromatic heterocycles. The Bertz CT molecular complexity index is 791. The van der Waals surface area contributed by atoms with Crippen molar-refractivity contribution in [1.82, 2.24) is 10.2 Å². The van der Waals surface area contributed by atoms with Gasteiger partial charge >= 0.3 is 0 Å². The fourth-order valence-corrected chi connectivity index (χ4v) is 4.08. The van der Waals surface area contributed by atoms with Crippen molar-refractivity contribution >= 4 is 5.69 Å². The van der Waals surface area contributed by atoms with E-state index in [1.54, 1.807) is 7.11 Å². The van der Waals surface area contributed by atoms with Crippen LogP contribution in [0.2, 0.25) is 0 Å².